The second kappa shape index (κ2) is 9.22. The zero-order valence-corrected chi connectivity index (χ0v) is 15.8. The summed E-state index contributed by atoms with van der Waals surface area (Å²) in [5.74, 6) is -0.137. The average molecular weight is 370 g/mol. The number of aliphatic hydroxyl groups excluding tert-OH is 1. The minimum Gasteiger partial charge on any atom is -0.396 e. The van der Waals surface area contributed by atoms with E-state index in [2.05, 4.69) is 15.9 Å². The maximum atomic E-state index is 13.1. The van der Waals surface area contributed by atoms with Gasteiger partial charge in [-0.25, -0.2) is 4.39 Å². The molecule has 0 radical (unpaired) electrons. The number of nitrogens with zero attached hydrogens (tertiary/aromatic N) is 2. The maximum absolute atomic E-state index is 13.1. The molecule has 1 atom stereocenters. The molecule has 0 unspecified atom stereocenters. The molecule has 5 heteroatoms. The average Bonchev–Trinajstić information content (AvgIpc) is 2.66. The fourth-order valence-corrected chi connectivity index (χ4v) is 3.70. The molecule has 27 heavy (non-hydrogen) atoms. The van der Waals surface area contributed by atoms with Gasteiger partial charge in [-0.05, 0) is 42.7 Å². The molecule has 3 rings (SSSR count). The molecular weight excluding hydrogens is 343 g/mol. The van der Waals surface area contributed by atoms with Gasteiger partial charge < -0.3 is 5.11 Å². The Morgan fingerprint density at radius 3 is 2.59 bits per heavy atom. The summed E-state index contributed by atoms with van der Waals surface area (Å²) >= 11 is 0. The molecule has 4 nitrogen and oxygen atoms in total. The van der Waals surface area contributed by atoms with Gasteiger partial charge in [0.25, 0.3) is 0 Å². The number of piperazine rings is 1. The molecule has 1 saturated heterocycles. The molecule has 0 bridgehead atoms. The molecule has 0 aliphatic carbocycles. The molecule has 0 spiro atoms. The van der Waals surface area contributed by atoms with Gasteiger partial charge in [0, 0.05) is 50.9 Å². The Balaban J connectivity index is 1.63. The smallest absolute Gasteiger partial charge is 0.159 e. The number of benzene rings is 2. The number of ketones is 1. The summed E-state index contributed by atoms with van der Waals surface area (Å²) in [6.45, 7) is 5.99. The van der Waals surface area contributed by atoms with Gasteiger partial charge in [0.05, 0.1) is 0 Å². The molecule has 1 N–H and O–H groups in total. The van der Waals surface area contributed by atoms with Crippen LogP contribution < -0.4 is 0 Å². The van der Waals surface area contributed by atoms with Crippen LogP contribution >= 0.6 is 0 Å². The van der Waals surface area contributed by atoms with Crippen molar-refractivity contribution < 1.29 is 14.3 Å². The first kappa shape index (κ1) is 19.7. The van der Waals surface area contributed by atoms with Crippen molar-refractivity contribution in [3.63, 3.8) is 0 Å². The molecule has 2 aromatic carbocycles. The molecule has 0 amide bonds. The summed E-state index contributed by atoms with van der Waals surface area (Å²) in [6.07, 6.45) is 0.713. The van der Waals surface area contributed by atoms with E-state index in [0.717, 1.165) is 49.4 Å². The largest absolute Gasteiger partial charge is 0.396 e. The second-order valence-electron chi connectivity index (χ2n) is 7.25. The third-order valence-corrected chi connectivity index (χ3v) is 5.19. The van der Waals surface area contributed by atoms with Gasteiger partial charge in [0.2, 0.25) is 0 Å². The highest BCUT2D eigenvalue weighted by Gasteiger charge is 2.26. The van der Waals surface area contributed by atoms with Crippen molar-refractivity contribution in [2.75, 3.05) is 26.2 Å². The van der Waals surface area contributed by atoms with Gasteiger partial charge in [-0.1, -0.05) is 30.3 Å². The van der Waals surface area contributed by atoms with Gasteiger partial charge >= 0.3 is 0 Å². The van der Waals surface area contributed by atoms with Crippen LogP contribution in [0.15, 0.2) is 48.5 Å². The third kappa shape index (κ3) is 5.45. The van der Waals surface area contributed by atoms with Crippen LogP contribution in [0, 0.1) is 5.82 Å². The summed E-state index contributed by atoms with van der Waals surface area (Å²) in [5, 5.41) is 9.48. The van der Waals surface area contributed by atoms with Crippen molar-refractivity contribution in [1.82, 2.24) is 9.80 Å². The Hall–Kier alpha value is -2.08. The van der Waals surface area contributed by atoms with E-state index in [1.54, 1.807) is 6.92 Å². The molecule has 1 aliphatic rings. The van der Waals surface area contributed by atoms with Crippen molar-refractivity contribution in [3.05, 3.63) is 71.0 Å². The highest BCUT2D eigenvalue weighted by atomic mass is 19.1. The van der Waals surface area contributed by atoms with E-state index in [-0.39, 0.29) is 24.2 Å². The van der Waals surface area contributed by atoms with Gasteiger partial charge in [-0.3, -0.25) is 14.6 Å². The lowest BCUT2D eigenvalue weighted by Gasteiger charge is -2.41. The van der Waals surface area contributed by atoms with E-state index in [4.69, 9.17) is 0 Å². The zero-order chi connectivity index (χ0) is 19.2. The number of rotatable bonds is 7. The van der Waals surface area contributed by atoms with E-state index in [9.17, 15) is 14.3 Å². The summed E-state index contributed by atoms with van der Waals surface area (Å²) in [7, 11) is 0. The summed E-state index contributed by atoms with van der Waals surface area (Å²) in [6, 6.07) is 14.7. The molecular formula is C22H27FN2O2. The first-order valence-corrected chi connectivity index (χ1v) is 9.47. The minimum atomic E-state index is -0.219. The maximum Gasteiger partial charge on any atom is 0.159 e. The molecule has 0 aromatic heterocycles. The molecule has 1 aliphatic heterocycles. The van der Waals surface area contributed by atoms with Gasteiger partial charge in [0.1, 0.15) is 5.82 Å². The van der Waals surface area contributed by atoms with Crippen LogP contribution in [0.3, 0.4) is 0 Å². The Bertz CT molecular complexity index is 763. The SMILES string of the molecule is CC(=O)c1cccc(CN2CCN(Cc3ccc(F)cc3)[C@H](CCO)C2)c1. The van der Waals surface area contributed by atoms with E-state index in [0.29, 0.717) is 6.42 Å². The Labute approximate surface area is 160 Å². The van der Waals surface area contributed by atoms with E-state index < -0.39 is 0 Å². The van der Waals surface area contributed by atoms with Crippen LogP contribution in [0.25, 0.3) is 0 Å². The van der Waals surface area contributed by atoms with Crippen LogP contribution in [-0.2, 0) is 13.1 Å². The first-order valence-electron chi connectivity index (χ1n) is 9.47. The normalized spacial score (nSPS) is 18.6. The summed E-state index contributed by atoms with van der Waals surface area (Å²) in [4.78, 5) is 16.3. The second-order valence-corrected chi connectivity index (χ2v) is 7.25. The van der Waals surface area contributed by atoms with Crippen LogP contribution in [-0.4, -0.2) is 53.0 Å². The van der Waals surface area contributed by atoms with E-state index in [1.165, 1.54) is 12.1 Å². The predicted molar refractivity (Wildman–Crippen MR) is 104 cm³/mol. The number of carbonyl (C=O) groups excluding carboxylic acids is 1. The van der Waals surface area contributed by atoms with Crippen LogP contribution in [0.4, 0.5) is 4.39 Å². The lowest BCUT2D eigenvalue weighted by atomic mass is 10.0. The Morgan fingerprint density at radius 2 is 1.89 bits per heavy atom. The molecule has 0 saturated carbocycles. The molecule has 1 fully saturated rings. The topological polar surface area (TPSA) is 43.8 Å². The molecule has 144 valence electrons. The van der Waals surface area contributed by atoms with Crippen LogP contribution in [0.1, 0.15) is 34.8 Å². The van der Waals surface area contributed by atoms with Crippen molar-refractivity contribution in [3.8, 4) is 0 Å². The fraction of sp³-hybridized carbons (Fsp3) is 0.409. The van der Waals surface area contributed by atoms with Gasteiger partial charge in [-0.15, -0.1) is 0 Å². The fourth-order valence-electron chi connectivity index (χ4n) is 3.70. The van der Waals surface area contributed by atoms with Crippen molar-refractivity contribution in [2.24, 2.45) is 0 Å². The van der Waals surface area contributed by atoms with E-state index in [1.807, 2.05) is 30.3 Å². The first-order chi connectivity index (χ1) is 13.0. The Kier molecular flexibility index (Phi) is 6.72. The minimum absolute atomic E-state index is 0.0825. The van der Waals surface area contributed by atoms with E-state index >= 15 is 0 Å². The quantitative estimate of drug-likeness (QED) is 0.761. The number of hydrogen-bond donors (Lipinski definition) is 1. The molecule has 2 aromatic rings. The number of carbonyl (C=O) groups is 1. The predicted octanol–water partition coefficient (Wildman–Crippen LogP) is 3.10. The highest BCUT2D eigenvalue weighted by molar-refractivity contribution is 5.94. The van der Waals surface area contributed by atoms with Crippen molar-refractivity contribution in [2.45, 2.75) is 32.5 Å². The van der Waals surface area contributed by atoms with Gasteiger partial charge in [-0.2, -0.15) is 0 Å². The monoisotopic (exact) mass is 370 g/mol. The third-order valence-electron chi connectivity index (χ3n) is 5.19. The number of halogens is 1. The van der Waals surface area contributed by atoms with Gasteiger partial charge in [0.15, 0.2) is 5.78 Å². The number of Topliss-reactive ketones (excluding diaryl/α,β-unsaturated/α-hetero) is 1. The zero-order valence-electron chi connectivity index (χ0n) is 15.8. The lowest BCUT2D eigenvalue weighted by molar-refractivity contribution is 0.0499. The number of aliphatic hydroxyl groups is 1. The van der Waals surface area contributed by atoms with Crippen LogP contribution in [0.2, 0.25) is 0 Å². The van der Waals surface area contributed by atoms with Crippen molar-refractivity contribution >= 4 is 5.78 Å². The summed E-state index contributed by atoms with van der Waals surface area (Å²) in [5.41, 5.74) is 2.97. The van der Waals surface area contributed by atoms with Crippen LogP contribution in [0.5, 0.6) is 0 Å². The lowest BCUT2D eigenvalue weighted by Crippen LogP contribution is -2.52. The number of hydrogen-bond acceptors (Lipinski definition) is 4. The standard InChI is InChI=1S/C22H27FN2O2/c1-17(27)20-4-2-3-19(13-20)14-24-10-11-25(22(16-24)9-12-26)15-18-5-7-21(23)8-6-18/h2-8,13,22,26H,9-12,14-16H2,1H3/t22-/m1/s1. The molecule has 1 heterocycles. The Morgan fingerprint density at radius 1 is 1.11 bits per heavy atom. The summed E-state index contributed by atoms with van der Waals surface area (Å²) < 4.78 is 13.1. The highest BCUT2D eigenvalue weighted by Crippen LogP contribution is 2.19. The van der Waals surface area contributed by atoms with Crippen molar-refractivity contribution in [1.29, 1.82) is 0 Å².